The minimum atomic E-state index is -0.0558. The summed E-state index contributed by atoms with van der Waals surface area (Å²) in [6, 6.07) is 16.9. The zero-order valence-corrected chi connectivity index (χ0v) is 17.4. The first-order valence-corrected chi connectivity index (χ1v) is 10.5. The van der Waals surface area contributed by atoms with Crippen molar-refractivity contribution in [3.63, 3.8) is 0 Å². The molecule has 0 bridgehead atoms. The quantitative estimate of drug-likeness (QED) is 0.359. The number of nitrogens with one attached hydrogen (secondary N) is 1. The maximum absolute atomic E-state index is 13.0. The normalized spacial score (nSPS) is 11.2. The number of hydrogen-bond acceptors (Lipinski definition) is 8. The van der Waals surface area contributed by atoms with Crippen LogP contribution in [0.4, 0.5) is 17.6 Å². The lowest BCUT2D eigenvalue weighted by Crippen LogP contribution is -2.25. The highest BCUT2D eigenvalue weighted by Crippen LogP contribution is 2.24. The molecule has 2 aromatic carbocycles. The summed E-state index contributed by atoms with van der Waals surface area (Å²) >= 11 is 1.40. The highest BCUT2D eigenvalue weighted by Gasteiger charge is 2.15. The number of nitrogen functional groups attached to an aromatic ring is 1. The monoisotopic (exact) mass is 419 g/mol. The van der Waals surface area contributed by atoms with E-state index in [2.05, 4.69) is 20.3 Å². The molecule has 0 fully saturated rings. The van der Waals surface area contributed by atoms with Gasteiger partial charge in [0.05, 0.1) is 16.7 Å². The predicted molar refractivity (Wildman–Crippen MR) is 120 cm³/mol. The zero-order chi connectivity index (χ0) is 21.1. The van der Waals surface area contributed by atoms with Crippen LogP contribution in [0.15, 0.2) is 64.5 Å². The van der Waals surface area contributed by atoms with Gasteiger partial charge in [-0.25, -0.2) is 4.98 Å². The molecule has 9 heteroatoms. The maximum atomic E-state index is 13.0. The molecule has 0 unspecified atom stereocenters. The highest BCUT2D eigenvalue weighted by molar-refractivity contribution is 7.98. The molecular weight excluding hydrogens is 398 g/mol. The third-order valence-electron chi connectivity index (χ3n) is 4.35. The first-order valence-electron chi connectivity index (χ1n) is 9.48. The van der Waals surface area contributed by atoms with Gasteiger partial charge < -0.3 is 11.1 Å². The molecule has 0 aliphatic heterocycles. The number of hydrogen-bond donors (Lipinski definition) is 2. The second-order valence-electron chi connectivity index (χ2n) is 6.89. The van der Waals surface area contributed by atoms with Crippen LogP contribution in [0.25, 0.3) is 10.9 Å². The molecule has 8 nitrogen and oxygen atoms in total. The Hall–Kier alpha value is -3.46. The number of benzene rings is 2. The Balaban J connectivity index is 1.63. The van der Waals surface area contributed by atoms with Crippen LogP contribution in [0.3, 0.4) is 0 Å². The van der Waals surface area contributed by atoms with Crippen LogP contribution in [0.5, 0.6) is 0 Å². The van der Waals surface area contributed by atoms with Crippen molar-refractivity contribution in [3.8, 4) is 0 Å². The summed E-state index contributed by atoms with van der Waals surface area (Å²) in [6.45, 7) is 3.93. The van der Waals surface area contributed by atoms with E-state index in [0.29, 0.717) is 33.6 Å². The van der Waals surface area contributed by atoms with Gasteiger partial charge in [-0.2, -0.15) is 15.0 Å². The van der Waals surface area contributed by atoms with Crippen LogP contribution in [-0.4, -0.2) is 24.5 Å². The second-order valence-corrected chi connectivity index (χ2v) is 7.84. The standard InChI is InChI=1S/C21H21N7OS/c1-13(2)28-18(29)15-10-6-7-11-16(15)24-21(28)30-12-17-25-19(22)27-20(26-17)23-14-8-4-3-5-9-14/h3-11,13H,12H2,1-2H3,(H3,22,23,25,26,27). The molecule has 0 radical (unpaired) electrons. The molecule has 2 heterocycles. The van der Waals surface area contributed by atoms with E-state index in [-0.39, 0.29) is 17.5 Å². The van der Waals surface area contributed by atoms with Gasteiger partial charge in [-0.05, 0) is 38.1 Å². The van der Waals surface area contributed by atoms with E-state index in [0.717, 1.165) is 5.69 Å². The van der Waals surface area contributed by atoms with Crippen molar-refractivity contribution < 1.29 is 0 Å². The maximum Gasteiger partial charge on any atom is 0.262 e. The third kappa shape index (κ3) is 4.25. The van der Waals surface area contributed by atoms with E-state index in [4.69, 9.17) is 10.7 Å². The van der Waals surface area contributed by atoms with Crippen molar-refractivity contribution in [2.24, 2.45) is 0 Å². The summed E-state index contributed by atoms with van der Waals surface area (Å²) in [5.41, 5.74) is 7.34. The van der Waals surface area contributed by atoms with E-state index < -0.39 is 0 Å². The second kappa shape index (κ2) is 8.50. The SMILES string of the molecule is CC(C)n1c(SCc2nc(N)nc(Nc3ccccc3)n2)nc2ccccc2c1=O. The van der Waals surface area contributed by atoms with Gasteiger partial charge in [0.25, 0.3) is 5.56 Å². The van der Waals surface area contributed by atoms with E-state index in [9.17, 15) is 4.79 Å². The third-order valence-corrected chi connectivity index (χ3v) is 5.30. The molecular formula is C21H21N7OS. The molecule has 0 aliphatic rings. The summed E-state index contributed by atoms with van der Waals surface area (Å²) in [5, 5.41) is 4.35. The van der Waals surface area contributed by atoms with Crippen molar-refractivity contribution in [2.75, 3.05) is 11.1 Å². The summed E-state index contributed by atoms with van der Waals surface area (Å²) < 4.78 is 1.70. The van der Waals surface area contributed by atoms with Crippen LogP contribution in [0.2, 0.25) is 0 Å². The summed E-state index contributed by atoms with van der Waals surface area (Å²) in [7, 11) is 0. The van der Waals surface area contributed by atoms with Crippen LogP contribution in [0, 0.1) is 0 Å². The van der Waals surface area contributed by atoms with Gasteiger partial charge in [-0.3, -0.25) is 9.36 Å². The Morgan fingerprint density at radius 2 is 1.73 bits per heavy atom. The average molecular weight is 420 g/mol. The van der Waals surface area contributed by atoms with E-state index in [1.807, 2.05) is 62.4 Å². The molecule has 0 amide bonds. The lowest BCUT2D eigenvalue weighted by molar-refractivity contribution is 0.519. The highest BCUT2D eigenvalue weighted by atomic mass is 32.2. The first kappa shape index (κ1) is 19.8. The van der Waals surface area contributed by atoms with Crippen molar-refractivity contribution in [3.05, 3.63) is 70.8 Å². The summed E-state index contributed by atoms with van der Waals surface area (Å²) in [6.07, 6.45) is 0. The lowest BCUT2D eigenvalue weighted by atomic mass is 10.2. The predicted octanol–water partition coefficient (Wildman–Crippen LogP) is 3.78. The first-order chi connectivity index (χ1) is 14.5. The van der Waals surface area contributed by atoms with Crippen molar-refractivity contribution in [1.29, 1.82) is 0 Å². The molecule has 0 spiro atoms. The van der Waals surface area contributed by atoms with Gasteiger partial charge in [0.1, 0.15) is 5.82 Å². The Labute approximate surface area is 177 Å². The average Bonchev–Trinajstić information content (AvgIpc) is 2.72. The molecule has 0 saturated heterocycles. The van der Waals surface area contributed by atoms with Crippen LogP contribution < -0.4 is 16.6 Å². The Kier molecular flexibility index (Phi) is 5.62. The molecule has 30 heavy (non-hydrogen) atoms. The number of nitrogens with zero attached hydrogens (tertiary/aromatic N) is 5. The van der Waals surface area contributed by atoms with Crippen LogP contribution >= 0.6 is 11.8 Å². The van der Waals surface area contributed by atoms with Crippen molar-refractivity contribution in [2.45, 2.75) is 30.8 Å². The minimum absolute atomic E-state index is 0.0316. The number of para-hydroxylation sites is 2. The Bertz CT molecular complexity index is 1240. The molecule has 152 valence electrons. The topological polar surface area (TPSA) is 112 Å². The molecule has 0 aliphatic carbocycles. The number of rotatable bonds is 6. The zero-order valence-electron chi connectivity index (χ0n) is 16.6. The molecule has 0 atom stereocenters. The fraction of sp³-hybridized carbons (Fsp3) is 0.190. The number of thioether (sulfide) groups is 1. The smallest absolute Gasteiger partial charge is 0.262 e. The number of aromatic nitrogens is 5. The van der Waals surface area contributed by atoms with E-state index >= 15 is 0 Å². The molecule has 0 saturated carbocycles. The van der Waals surface area contributed by atoms with Crippen LogP contribution in [0.1, 0.15) is 25.7 Å². The molecule has 4 aromatic rings. The van der Waals surface area contributed by atoms with Gasteiger partial charge in [0.15, 0.2) is 5.16 Å². The Morgan fingerprint density at radius 1 is 1.00 bits per heavy atom. The molecule has 2 aromatic heterocycles. The number of fused-ring (bicyclic) bond motifs is 1. The molecule has 4 rings (SSSR count). The summed E-state index contributed by atoms with van der Waals surface area (Å²) in [4.78, 5) is 30.5. The van der Waals surface area contributed by atoms with Gasteiger partial charge >= 0.3 is 0 Å². The lowest BCUT2D eigenvalue weighted by Gasteiger charge is -2.16. The van der Waals surface area contributed by atoms with Crippen molar-refractivity contribution >= 4 is 40.2 Å². The van der Waals surface area contributed by atoms with Crippen molar-refractivity contribution in [1.82, 2.24) is 24.5 Å². The number of anilines is 3. The van der Waals surface area contributed by atoms with Gasteiger partial charge in [0, 0.05) is 11.7 Å². The van der Waals surface area contributed by atoms with E-state index in [1.165, 1.54) is 11.8 Å². The van der Waals surface area contributed by atoms with Gasteiger partial charge in [-0.15, -0.1) is 0 Å². The fourth-order valence-corrected chi connectivity index (χ4v) is 4.00. The molecule has 3 N–H and O–H groups in total. The fourth-order valence-electron chi connectivity index (χ4n) is 3.02. The van der Waals surface area contributed by atoms with Crippen LogP contribution in [-0.2, 0) is 5.75 Å². The van der Waals surface area contributed by atoms with E-state index in [1.54, 1.807) is 10.6 Å². The van der Waals surface area contributed by atoms with Gasteiger partial charge in [-0.1, -0.05) is 42.1 Å². The Morgan fingerprint density at radius 3 is 2.50 bits per heavy atom. The van der Waals surface area contributed by atoms with Gasteiger partial charge in [0.2, 0.25) is 11.9 Å². The largest absolute Gasteiger partial charge is 0.368 e. The minimum Gasteiger partial charge on any atom is -0.368 e. The summed E-state index contributed by atoms with van der Waals surface area (Å²) in [5.74, 6) is 1.40. The number of nitrogens with two attached hydrogens (primary N) is 1.